The Morgan fingerprint density at radius 3 is 2.65 bits per heavy atom. The average Bonchev–Trinajstić information content (AvgIpc) is 3.09. The molecular formula is C21H37N3O2. The molecule has 5 heteroatoms. The molecule has 2 rings (SSSR count). The summed E-state index contributed by atoms with van der Waals surface area (Å²) in [5, 5.41) is 8.93. The third-order valence-electron chi connectivity index (χ3n) is 5.90. The molecule has 0 spiro atoms. The number of hydrogen-bond acceptors (Lipinski definition) is 4. The summed E-state index contributed by atoms with van der Waals surface area (Å²) in [5.74, 6) is 2.22. The van der Waals surface area contributed by atoms with Gasteiger partial charge in [-0.3, -0.25) is 4.79 Å². The second-order valence-corrected chi connectivity index (χ2v) is 8.42. The lowest BCUT2D eigenvalue weighted by Gasteiger charge is -2.37. The lowest BCUT2D eigenvalue weighted by molar-refractivity contribution is -0.128. The Kier molecular flexibility index (Phi) is 9.13. The maximum absolute atomic E-state index is 10.0. The highest BCUT2D eigenvalue weighted by Gasteiger charge is 2.32. The van der Waals surface area contributed by atoms with Gasteiger partial charge in [-0.25, -0.2) is 4.68 Å². The van der Waals surface area contributed by atoms with Crippen molar-refractivity contribution in [1.29, 1.82) is 0 Å². The van der Waals surface area contributed by atoms with Crippen LogP contribution in [0.2, 0.25) is 0 Å². The largest absolute Gasteiger partial charge is 0.468 e. The van der Waals surface area contributed by atoms with Crippen LogP contribution in [0.4, 0.5) is 0 Å². The second kappa shape index (κ2) is 11.3. The number of aromatic nitrogens is 3. The summed E-state index contributed by atoms with van der Waals surface area (Å²) in [7, 11) is 0. The molecule has 1 aliphatic rings. The van der Waals surface area contributed by atoms with Crippen LogP contribution in [0.1, 0.15) is 90.3 Å². The summed E-state index contributed by atoms with van der Waals surface area (Å²) in [4.78, 5) is 10.0. The summed E-state index contributed by atoms with van der Waals surface area (Å²) in [6.07, 6.45) is 14.1. The van der Waals surface area contributed by atoms with Crippen molar-refractivity contribution >= 4 is 6.47 Å². The van der Waals surface area contributed by atoms with Crippen LogP contribution in [0.5, 0.6) is 0 Å². The van der Waals surface area contributed by atoms with Gasteiger partial charge in [-0.15, -0.1) is 5.10 Å². The van der Waals surface area contributed by atoms with Gasteiger partial charge >= 0.3 is 0 Å². The molecule has 1 aromatic heterocycles. The van der Waals surface area contributed by atoms with Crippen LogP contribution in [-0.4, -0.2) is 28.1 Å². The minimum absolute atomic E-state index is 0.522. The van der Waals surface area contributed by atoms with E-state index in [4.69, 9.17) is 4.74 Å². The lowest BCUT2D eigenvalue weighted by atomic mass is 9.74. The molecule has 0 bridgehead atoms. The van der Waals surface area contributed by atoms with Crippen LogP contribution in [0.25, 0.3) is 0 Å². The molecule has 0 aromatic carbocycles. The van der Waals surface area contributed by atoms with Gasteiger partial charge in [-0.05, 0) is 49.9 Å². The van der Waals surface area contributed by atoms with Crippen LogP contribution < -0.4 is 0 Å². The van der Waals surface area contributed by atoms with Gasteiger partial charge in [0.25, 0.3) is 6.47 Å². The zero-order valence-electron chi connectivity index (χ0n) is 16.9. The summed E-state index contributed by atoms with van der Waals surface area (Å²) >= 11 is 0. The minimum Gasteiger partial charge on any atom is -0.468 e. The molecule has 1 aliphatic carbocycles. The molecular weight excluding hydrogens is 326 g/mol. The van der Waals surface area contributed by atoms with E-state index in [-0.39, 0.29) is 0 Å². The molecule has 0 radical (unpaired) electrons. The first-order valence-electron chi connectivity index (χ1n) is 10.6. The Morgan fingerprint density at radius 2 is 1.92 bits per heavy atom. The summed E-state index contributed by atoms with van der Waals surface area (Å²) in [5.41, 5.74) is 1.14. The number of aryl methyl sites for hydroxylation is 1. The second-order valence-electron chi connectivity index (χ2n) is 8.42. The number of carbonyl (C=O) groups is 1. The number of nitrogens with zero attached hydrogens (tertiary/aromatic N) is 3. The lowest BCUT2D eigenvalue weighted by Crippen LogP contribution is -2.30. The first kappa shape index (κ1) is 20.9. The molecule has 1 aromatic rings. The van der Waals surface area contributed by atoms with E-state index in [1.807, 2.05) is 0 Å². The van der Waals surface area contributed by atoms with E-state index in [2.05, 4.69) is 42.0 Å². The van der Waals surface area contributed by atoms with Crippen LogP contribution in [0.3, 0.4) is 0 Å². The molecule has 0 amide bonds. The Labute approximate surface area is 158 Å². The Balaban J connectivity index is 1.69. The molecule has 1 fully saturated rings. The monoisotopic (exact) mass is 363 g/mol. The van der Waals surface area contributed by atoms with Gasteiger partial charge in [-0.2, -0.15) is 0 Å². The van der Waals surface area contributed by atoms with Gasteiger partial charge in [0, 0.05) is 6.20 Å². The predicted molar refractivity (Wildman–Crippen MR) is 104 cm³/mol. The topological polar surface area (TPSA) is 57.0 Å². The van der Waals surface area contributed by atoms with Crippen molar-refractivity contribution in [2.24, 2.45) is 17.8 Å². The minimum atomic E-state index is 0.522. The van der Waals surface area contributed by atoms with Gasteiger partial charge in [-0.1, -0.05) is 58.1 Å². The quantitative estimate of drug-likeness (QED) is 0.389. The number of ether oxygens (including phenoxy) is 1. The van der Waals surface area contributed by atoms with Crippen molar-refractivity contribution in [3.05, 3.63) is 11.9 Å². The van der Waals surface area contributed by atoms with Crippen molar-refractivity contribution in [3.63, 3.8) is 0 Å². The van der Waals surface area contributed by atoms with Gasteiger partial charge in [0.05, 0.1) is 18.3 Å². The molecule has 148 valence electrons. The third kappa shape index (κ3) is 6.73. The van der Waals surface area contributed by atoms with E-state index >= 15 is 0 Å². The van der Waals surface area contributed by atoms with Crippen molar-refractivity contribution < 1.29 is 9.53 Å². The van der Waals surface area contributed by atoms with Crippen LogP contribution >= 0.6 is 0 Å². The first-order valence-corrected chi connectivity index (χ1v) is 10.6. The Morgan fingerprint density at radius 1 is 1.19 bits per heavy atom. The Hall–Kier alpha value is -1.39. The number of carbonyl (C=O) groups excluding carboxylic acids is 1. The zero-order chi connectivity index (χ0) is 18.8. The van der Waals surface area contributed by atoms with Gasteiger partial charge < -0.3 is 4.74 Å². The van der Waals surface area contributed by atoms with Crippen molar-refractivity contribution in [2.75, 3.05) is 6.61 Å². The molecule has 0 aliphatic heterocycles. The van der Waals surface area contributed by atoms with E-state index in [0.29, 0.717) is 25.0 Å². The molecule has 0 unspecified atom stereocenters. The van der Waals surface area contributed by atoms with Crippen LogP contribution in [-0.2, 0) is 16.0 Å². The predicted octanol–water partition coefficient (Wildman–Crippen LogP) is 4.97. The van der Waals surface area contributed by atoms with Gasteiger partial charge in [0.15, 0.2) is 0 Å². The molecule has 0 N–H and O–H groups in total. The molecule has 0 saturated heterocycles. The molecule has 1 heterocycles. The van der Waals surface area contributed by atoms with Crippen LogP contribution in [0, 0.1) is 17.8 Å². The third-order valence-corrected chi connectivity index (χ3v) is 5.90. The molecule has 3 atom stereocenters. The maximum Gasteiger partial charge on any atom is 0.293 e. The molecule has 1 saturated carbocycles. The summed E-state index contributed by atoms with van der Waals surface area (Å²) in [6, 6.07) is 0.522. The van der Waals surface area contributed by atoms with Crippen molar-refractivity contribution in [2.45, 2.75) is 91.0 Å². The fraction of sp³-hybridized carbons (Fsp3) is 0.857. The highest BCUT2D eigenvalue weighted by molar-refractivity contribution is 5.36. The first-order chi connectivity index (χ1) is 12.6. The standard InChI is InChI=1S/C21H37N3O2/c1-17(2)20-12-11-18(3)14-21(20)24-15-19(22-23-24)10-8-6-4-5-7-9-13-26-16-25/h15-18,20-21H,4-14H2,1-3H3/t18-,20+,21-/m1/s1. The smallest absolute Gasteiger partial charge is 0.293 e. The van der Waals surface area contributed by atoms with E-state index in [1.165, 1.54) is 44.9 Å². The summed E-state index contributed by atoms with van der Waals surface area (Å²) < 4.78 is 6.87. The fourth-order valence-electron chi connectivity index (χ4n) is 4.29. The van der Waals surface area contributed by atoms with Gasteiger partial charge in [0.1, 0.15) is 0 Å². The van der Waals surface area contributed by atoms with E-state index in [1.54, 1.807) is 0 Å². The number of unbranched alkanes of at least 4 members (excludes halogenated alkanes) is 5. The van der Waals surface area contributed by atoms with E-state index in [9.17, 15) is 4.79 Å². The van der Waals surface area contributed by atoms with E-state index < -0.39 is 0 Å². The molecule has 5 nitrogen and oxygen atoms in total. The Bertz CT molecular complexity index is 515. The zero-order valence-corrected chi connectivity index (χ0v) is 16.9. The van der Waals surface area contributed by atoms with Crippen molar-refractivity contribution in [1.82, 2.24) is 15.0 Å². The highest BCUT2D eigenvalue weighted by atomic mass is 16.5. The maximum atomic E-state index is 10.0. The fourth-order valence-corrected chi connectivity index (χ4v) is 4.29. The average molecular weight is 364 g/mol. The van der Waals surface area contributed by atoms with Gasteiger partial charge in [0.2, 0.25) is 0 Å². The SMILES string of the molecule is CC(C)[C@@H]1CC[C@@H](C)C[C@H]1n1cc(CCCCCCCCOC=O)nn1. The highest BCUT2D eigenvalue weighted by Crippen LogP contribution is 2.40. The van der Waals surface area contributed by atoms with Crippen LogP contribution in [0.15, 0.2) is 6.20 Å². The van der Waals surface area contributed by atoms with Crippen molar-refractivity contribution in [3.8, 4) is 0 Å². The summed E-state index contributed by atoms with van der Waals surface area (Å²) in [6.45, 7) is 8.15. The number of hydrogen-bond donors (Lipinski definition) is 0. The molecule has 26 heavy (non-hydrogen) atoms. The van der Waals surface area contributed by atoms with E-state index in [0.717, 1.165) is 36.8 Å². The number of rotatable bonds is 12. The normalized spacial score (nSPS) is 23.3.